The Morgan fingerprint density at radius 2 is 1.88 bits per heavy atom. The summed E-state index contributed by atoms with van der Waals surface area (Å²) in [6, 6.07) is 1.40. The van der Waals surface area contributed by atoms with Crippen molar-refractivity contribution >= 4 is 73.3 Å². The maximum Gasteiger partial charge on any atom is 0.246 e. The molecule has 0 saturated heterocycles. The van der Waals surface area contributed by atoms with Crippen LogP contribution in [0.3, 0.4) is 0 Å². The summed E-state index contributed by atoms with van der Waals surface area (Å²) in [6.45, 7) is 0. The molecule has 0 amide bonds. The molecule has 2 aromatic rings. The maximum absolute atomic E-state index is 11.4. The van der Waals surface area contributed by atoms with Crippen LogP contribution in [-0.4, -0.2) is 22.4 Å². The van der Waals surface area contributed by atoms with Gasteiger partial charge in [-0.1, -0.05) is 23.2 Å². The van der Waals surface area contributed by atoms with E-state index in [1.165, 1.54) is 6.07 Å². The standard InChI is InChI=1S/C7H4Cl3N3O2S2/c8-2-17(14,15)13-6-4(10)1-3(9)5-7(6)12-16-11-5/h1,13H,2H2. The molecule has 2 rings (SSSR count). The lowest BCUT2D eigenvalue weighted by atomic mass is 10.3. The Bertz CT molecular complexity index is 670. The summed E-state index contributed by atoms with van der Waals surface area (Å²) in [6.07, 6.45) is 0. The van der Waals surface area contributed by atoms with Crippen molar-refractivity contribution in [3.8, 4) is 0 Å². The van der Waals surface area contributed by atoms with Gasteiger partial charge in [-0.2, -0.15) is 8.75 Å². The molecule has 5 nitrogen and oxygen atoms in total. The van der Waals surface area contributed by atoms with Gasteiger partial charge in [-0.05, 0) is 6.07 Å². The summed E-state index contributed by atoms with van der Waals surface area (Å²) in [5, 5.41) is -0.123. The molecular weight excluding hydrogens is 329 g/mol. The molecule has 0 saturated carbocycles. The summed E-state index contributed by atoms with van der Waals surface area (Å²) in [5.41, 5.74) is 0.843. The van der Waals surface area contributed by atoms with Crippen molar-refractivity contribution in [1.82, 2.24) is 8.75 Å². The third-order valence-corrected chi connectivity index (χ3v) is 4.62. The number of benzene rings is 1. The predicted octanol–water partition coefficient (Wildman–Crippen LogP) is 2.94. The number of sulfonamides is 1. The Labute approximate surface area is 116 Å². The molecule has 0 atom stereocenters. The molecule has 0 bridgehead atoms. The molecule has 1 aromatic carbocycles. The van der Waals surface area contributed by atoms with E-state index >= 15 is 0 Å². The van der Waals surface area contributed by atoms with Crippen LogP contribution < -0.4 is 4.72 Å². The van der Waals surface area contributed by atoms with Crippen molar-refractivity contribution in [3.05, 3.63) is 16.1 Å². The van der Waals surface area contributed by atoms with Crippen molar-refractivity contribution in [3.63, 3.8) is 0 Å². The van der Waals surface area contributed by atoms with Crippen LogP contribution in [0.15, 0.2) is 6.07 Å². The predicted molar refractivity (Wildman–Crippen MR) is 70.7 cm³/mol. The molecule has 0 aliphatic heterocycles. The SMILES string of the molecule is O=S(=O)(CCl)Nc1c(Cl)cc(Cl)c2nsnc12. The van der Waals surface area contributed by atoms with Crippen LogP contribution in [0.25, 0.3) is 11.0 Å². The molecule has 1 aromatic heterocycles. The number of alkyl halides is 1. The van der Waals surface area contributed by atoms with Gasteiger partial charge in [0, 0.05) is 0 Å². The van der Waals surface area contributed by atoms with Crippen molar-refractivity contribution in [2.24, 2.45) is 0 Å². The first-order valence-corrected chi connectivity index (χ1v) is 7.78. The molecule has 0 fully saturated rings. The summed E-state index contributed by atoms with van der Waals surface area (Å²) < 4.78 is 32.9. The number of nitrogens with one attached hydrogen (secondary N) is 1. The zero-order valence-electron chi connectivity index (χ0n) is 7.95. The first-order chi connectivity index (χ1) is 7.94. The molecule has 1 N–H and O–H groups in total. The van der Waals surface area contributed by atoms with Gasteiger partial charge in [0.25, 0.3) is 0 Å². The summed E-state index contributed by atoms with van der Waals surface area (Å²) in [7, 11) is -3.65. The molecule has 0 unspecified atom stereocenters. The summed E-state index contributed by atoms with van der Waals surface area (Å²) in [5.74, 6) is 0. The summed E-state index contributed by atoms with van der Waals surface area (Å²) >= 11 is 18.0. The van der Waals surface area contributed by atoms with Crippen LogP contribution in [0.5, 0.6) is 0 Å². The van der Waals surface area contributed by atoms with Crippen LogP contribution >= 0.6 is 46.5 Å². The number of fused-ring (bicyclic) bond motifs is 1. The smallest absolute Gasteiger partial charge is 0.246 e. The van der Waals surface area contributed by atoms with Gasteiger partial charge in [-0.3, -0.25) is 4.72 Å². The van der Waals surface area contributed by atoms with Gasteiger partial charge in [0.2, 0.25) is 10.0 Å². The van der Waals surface area contributed by atoms with Gasteiger partial charge in [0.05, 0.1) is 27.5 Å². The zero-order chi connectivity index (χ0) is 12.6. The highest BCUT2D eigenvalue weighted by atomic mass is 35.5. The van der Waals surface area contributed by atoms with Crippen molar-refractivity contribution in [1.29, 1.82) is 0 Å². The second-order valence-electron chi connectivity index (χ2n) is 3.00. The number of aromatic nitrogens is 2. The van der Waals surface area contributed by atoms with Crippen molar-refractivity contribution in [2.45, 2.75) is 0 Å². The van der Waals surface area contributed by atoms with E-state index in [0.717, 1.165) is 11.7 Å². The number of anilines is 1. The normalized spacial score (nSPS) is 11.9. The number of halogens is 3. The van der Waals surface area contributed by atoms with E-state index in [9.17, 15) is 8.42 Å². The minimum Gasteiger partial charge on any atom is -0.279 e. The van der Waals surface area contributed by atoms with Gasteiger partial charge in [-0.25, -0.2) is 8.42 Å². The lowest BCUT2D eigenvalue weighted by molar-refractivity contribution is 0.605. The van der Waals surface area contributed by atoms with E-state index < -0.39 is 15.2 Å². The molecule has 0 spiro atoms. The van der Waals surface area contributed by atoms with Crippen molar-refractivity contribution in [2.75, 3.05) is 9.93 Å². The average molecular weight is 333 g/mol. The van der Waals surface area contributed by atoms with Crippen molar-refractivity contribution < 1.29 is 8.42 Å². The molecule has 0 radical (unpaired) electrons. The topological polar surface area (TPSA) is 72.0 Å². The van der Waals surface area contributed by atoms with E-state index in [1.807, 2.05) is 0 Å². The molecule has 10 heteroatoms. The fourth-order valence-electron chi connectivity index (χ4n) is 1.15. The third kappa shape index (κ3) is 2.58. The van der Waals surface area contributed by atoms with E-state index in [0.29, 0.717) is 16.1 Å². The quantitative estimate of drug-likeness (QED) is 0.877. The zero-order valence-corrected chi connectivity index (χ0v) is 11.8. The van der Waals surface area contributed by atoms with Gasteiger partial charge in [0.1, 0.15) is 16.2 Å². The Kier molecular flexibility index (Phi) is 3.65. The third-order valence-electron chi connectivity index (χ3n) is 1.85. The van der Waals surface area contributed by atoms with E-state index in [-0.39, 0.29) is 10.7 Å². The van der Waals surface area contributed by atoms with Crippen LogP contribution in [0.2, 0.25) is 10.0 Å². The fourth-order valence-corrected chi connectivity index (χ4v) is 3.11. The lowest BCUT2D eigenvalue weighted by Crippen LogP contribution is -2.14. The fraction of sp³-hybridized carbons (Fsp3) is 0.143. The molecule has 1 heterocycles. The Hall–Kier alpha value is -0.340. The number of hydrogen-bond acceptors (Lipinski definition) is 5. The van der Waals surface area contributed by atoms with Crippen LogP contribution in [0.4, 0.5) is 5.69 Å². The lowest BCUT2D eigenvalue weighted by Gasteiger charge is -2.08. The second kappa shape index (κ2) is 4.74. The molecular formula is C7H4Cl3N3O2S2. The first-order valence-electron chi connectivity index (χ1n) is 4.11. The summed E-state index contributed by atoms with van der Waals surface area (Å²) in [4.78, 5) is 0. The van der Waals surface area contributed by atoms with Crippen LogP contribution in [0, 0.1) is 0 Å². The Morgan fingerprint density at radius 3 is 2.53 bits per heavy atom. The minimum absolute atomic E-state index is 0.139. The Morgan fingerprint density at radius 1 is 1.24 bits per heavy atom. The highest BCUT2D eigenvalue weighted by Gasteiger charge is 2.18. The monoisotopic (exact) mass is 331 g/mol. The molecule has 17 heavy (non-hydrogen) atoms. The van der Waals surface area contributed by atoms with Gasteiger partial charge in [0.15, 0.2) is 0 Å². The van der Waals surface area contributed by atoms with Gasteiger partial charge in [-0.15, -0.1) is 11.6 Å². The second-order valence-corrected chi connectivity index (χ2v) is 6.65. The van der Waals surface area contributed by atoms with Crippen LogP contribution in [0.1, 0.15) is 0 Å². The van der Waals surface area contributed by atoms with Gasteiger partial charge >= 0.3 is 0 Å². The molecule has 0 aliphatic carbocycles. The largest absolute Gasteiger partial charge is 0.279 e. The number of rotatable bonds is 3. The van der Waals surface area contributed by atoms with E-state index in [1.54, 1.807) is 0 Å². The molecule has 92 valence electrons. The minimum atomic E-state index is -3.65. The highest BCUT2D eigenvalue weighted by molar-refractivity contribution is 7.93. The highest BCUT2D eigenvalue weighted by Crippen LogP contribution is 2.35. The van der Waals surface area contributed by atoms with Crippen LogP contribution in [-0.2, 0) is 10.0 Å². The average Bonchev–Trinajstić information content (AvgIpc) is 2.73. The number of nitrogens with zero attached hydrogens (tertiary/aromatic N) is 2. The molecule has 0 aliphatic rings. The van der Waals surface area contributed by atoms with E-state index in [4.69, 9.17) is 34.8 Å². The van der Waals surface area contributed by atoms with Gasteiger partial charge < -0.3 is 0 Å². The first kappa shape index (κ1) is 13.1. The Balaban J connectivity index is 2.65. The maximum atomic E-state index is 11.4. The van der Waals surface area contributed by atoms with E-state index in [2.05, 4.69) is 13.5 Å². The number of hydrogen-bond donors (Lipinski definition) is 1.